The summed E-state index contributed by atoms with van der Waals surface area (Å²) < 4.78 is 11.4. The van der Waals surface area contributed by atoms with Crippen molar-refractivity contribution in [3.63, 3.8) is 0 Å². The first-order valence-electron chi connectivity index (χ1n) is 11.1. The van der Waals surface area contributed by atoms with Crippen LogP contribution in [0.2, 0.25) is 0 Å². The maximum Gasteiger partial charge on any atom is 0.407 e. The molecule has 0 unspecified atom stereocenters. The van der Waals surface area contributed by atoms with Crippen molar-refractivity contribution in [1.82, 2.24) is 15.0 Å². The molecule has 0 spiro atoms. The standard InChI is InChI=1S/C24H29N3O4/c1-2-3-4-5-6-13-30-21-10-9-17-14-19(8-7-18(17)15-21)22-25-23(31-26-22)20-11-12-27(16-20)24(28)29/h7-10,14-15,20H,2-6,11-13,16H2,1H3,(H,28,29)/t20-/m1/s1. The number of unbranched alkanes of at least 4 members (excludes halogenated alkanes) is 4. The van der Waals surface area contributed by atoms with Crippen molar-refractivity contribution in [3.05, 3.63) is 42.3 Å². The lowest BCUT2D eigenvalue weighted by Crippen LogP contribution is -2.26. The lowest BCUT2D eigenvalue weighted by Gasteiger charge is -2.09. The van der Waals surface area contributed by atoms with Gasteiger partial charge in [0.25, 0.3) is 0 Å². The average Bonchev–Trinajstić information content (AvgIpc) is 3.45. The fraction of sp³-hybridized carbons (Fsp3) is 0.458. The maximum absolute atomic E-state index is 11.1. The summed E-state index contributed by atoms with van der Waals surface area (Å²) in [6.07, 6.45) is 5.92. The number of hydrogen-bond donors (Lipinski definition) is 1. The SMILES string of the molecule is CCCCCCCOc1ccc2cc(-c3noc([C@@H]4CCN(C(=O)O)C4)n3)ccc2c1. The Morgan fingerprint density at radius 3 is 2.77 bits per heavy atom. The van der Waals surface area contributed by atoms with Crippen LogP contribution in [-0.2, 0) is 0 Å². The zero-order valence-corrected chi connectivity index (χ0v) is 17.9. The van der Waals surface area contributed by atoms with Crippen molar-refractivity contribution in [2.45, 2.75) is 51.4 Å². The number of likely N-dealkylation sites (tertiary alicyclic amines) is 1. The first kappa shape index (κ1) is 21.2. The summed E-state index contributed by atoms with van der Waals surface area (Å²) in [5.74, 6) is 1.88. The summed E-state index contributed by atoms with van der Waals surface area (Å²) in [6, 6.07) is 12.2. The molecule has 0 bridgehead atoms. The molecule has 7 nitrogen and oxygen atoms in total. The molecule has 1 atom stereocenters. The summed E-state index contributed by atoms with van der Waals surface area (Å²) in [6.45, 7) is 3.87. The van der Waals surface area contributed by atoms with E-state index < -0.39 is 6.09 Å². The molecule has 2 aromatic carbocycles. The summed E-state index contributed by atoms with van der Waals surface area (Å²) in [4.78, 5) is 17.0. The van der Waals surface area contributed by atoms with Gasteiger partial charge in [-0.25, -0.2) is 4.79 Å². The molecule has 3 aromatic rings. The van der Waals surface area contributed by atoms with Crippen LogP contribution in [-0.4, -0.2) is 45.9 Å². The highest BCUT2D eigenvalue weighted by molar-refractivity contribution is 5.87. The van der Waals surface area contributed by atoms with Gasteiger partial charge in [-0.3, -0.25) is 0 Å². The van der Waals surface area contributed by atoms with Crippen LogP contribution in [0.5, 0.6) is 5.75 Å². The minimum atomic E-state index is -0.906. The predicted octanol–water partition coefficient (Wildman–Crippen LogP) is 5.71. The van der Waals surface area contributed by atoms with E-state index in [1.807, 2.05) is 30.3 Å². The second-order valence-electron chi connectivity index (χ2n) is 8.16. The summed E-state index contributed by atoms with van der Waals surface area (Å²) in [7, 11) is 0. The van der Waals surface area contributed by atoms with E-state index in [1.54, 1.807) is 0 Å². The molecule has 1 N–H and O–H groups in total. The Labute approximate surface area is 182 Å². The van der Waals surface area contributed by atoms with Gasteiger partial charge in [-0.05, 0) is 41.8 Å². The number of nitrogens with zero attached hydrogens (tertiary/aromatic N) is 3. The lowest BCUT2D eigenvalue weighted by atomic mass is 10.1. The molecule has 0 saturated carbocycles. The maximum atomic E-state index is 11.1. The van der Waals surface area contributed by atoms with Gasteiger partial charge in [-0.1, -0.05) is 56.0 Å². The third-order valence-corrected chi connectivity index (χ3v) is 5.84. The van der Waals surface area contributed by atoms with Gasteiger partial charge in [0.05, 0.1) is 12.5 Å². The van der Waals surface area contributed by atoms with Crippen LogP contribution in [0.1, 0.15) is 57.3 Å². The van der Waals surface area contributed by atoms with E-state index in [4.69, 9.17) is 14.4 Å². The fourth-order valence-electron chi connectivity index (χ4n) is 4.00. The van der Waals surface area contributed by atoms with E-state index in [0.29, 0.717) is 31.2 Å². The molecule has 1 aliphatic heterocycles. The van der Waals surface area contributed by atoms with Gasteiger partial charge in [0.15, 0.2) is 0 Å². The Hall–Kier alpha value is -3.09. The molecule has 31 heavy (non-hydrogen) atoms. The van der Waals surface area contributed by atoms with Gasteiger partial charge in [-0.2, -0.15) is 4.98 Å². The predicted molar refractivity (Wildman–Crippen MR) is 118 cm³/mol. The number of aromatic nitrogens is 2. The molecule has 1 aromatic heterocycles. The van der Waals surface area contributed by atoms with E-state index in [1.165, 1.54) is 30.6 Å². The third kappa shape index (κ3) is 5.16. The quantitative estimate of drug-likeness (QED) is 0.444. The Balaban J connectivity index is 1.39. The van der Waals surface area contributed by atoms with Crippen LogP contribution in [0.15, 0.2) is 40.9 Å². The molecule has 0 aliphatic carbocycles. The molecule has 4 rings (SSSR count). The fourth-order valence-corrected chi connectivity index (χ4v) is 4.00. The number of fused-ring (bicyclic) bond motifs is 1. The van der Waals surface area contributed by atoms with Crippen LogP contribution in [0, 0.1) is 0 Å². The van der Waals surface area contributed by atoms with Gasteiger partial charge >= 0.3 is 6.09 Å². The third-order valence-electron chi connectivity index (χ3n) is 5.84. The largest absolute Gasteiger partial charge is 0.494 e. The summed E-state index contributed by atoms with van der Waals surface area (Å²) in [5.41, 5.74) is 0.875. The van der Waals surface area contributed by atoms with Crippen LogP contribution < -0.4 is 4.74 Å². The smallest absolute Gasteiger partial charge is 0.407 e. The molecule has 7 heteroatoms. The molecular weight excluding hydrogens is 394 g/mol. The van der Waals surface area contributed by atoms with E-state index >= 15 is 0 Å². The first-order valence-corrected chi connectivity index (χ1v) is 11.1. The van der Waals surface area contributed by atoms with Gasteiger partial charge in [0.1, 0.15) is 5.75 Å². The monoisotopic (exact) mass is 423 g/mol. The van der Waals surface area contributed by atoms with Crippen molar-refractivity contribution in [3.8, 4) is 17.1 Å². The highest BCUT2D eigenvalue weighted by Gasteiger charge is 2.31. The molecular formula is C24H29N3O4. The zero-order chi connectivity index (χ0) is 21.6. The number of hydrogen-bond acceptors (Lipinski definition) is 5. The Morgan fingerprint density at radius 2 is 1.97 bits per heavy atom. The molecule has 1 aliphatic rings. The van der Waals surface area contributed by atoms with Crippen molar-refractivity contribution in [1.29, 1.82) is 0 Å². The Kier molecular flexibility index (Phi) is 6.70. The zero-order valence-electron chi connectivity index (χ0n) is 17.9. The van der Waals surface area contributed by atoms with Crippen LogP contribution in [0.4, 0.5) is 4.79 Å². The van der Waals surface area contributed by atoms with E-state index in [0.717, 1.165) is 35.1 Å². The molecule has 0 radical (unpaired) electrons. The van der Waals surface area contributed by atoms with Gasteiger partial charge < -0.3 is 19.3 Å². The number of rotatable bonds is 9. The topological polar surface area (TPSA) is 88.7 Å². The molecule has 2 heterocycles. The Bertz CT molecular complexity index is 1030. The number of ether oxygens (including phenoxy) is 1. The molecule has 1 amide bonds. The van der Waals surface area contributed by atoms with Crippen LogP contribution >= 0.6 is 0 Å². The highest BCUT2D eigenvalue weighted by atomic mass is 16.5. The second kappa shape index (κ2) is 9.81. The normalized spacial score (nSPS) is 16.2. The van der Waals surface area contributed by atoms with Crippen LogP contribution in [0.3, 0.4) is 0 Å². The van der Waals surface area contributed by atoms with Crippen molar-refractivity contribution < 1.29 is 19.2 Å². The number of carbonyl (C=O) groups is 1. The van der Waals surface area contributed by atoms with Gasteiger partial charge in [0.2, 0.25) is 11.7 Å². The van der Waals surface area contributed by atoms with Crippen molar-refractivity contribution in [2.75, 3.05) is 19.7 Å². The van der Waals surface area contributed by atoms with Gasteiger partial charge in [-0.15, -0.1) is 0 Å². The van der Waals surface area contributed by atoms with E-state index in [-0.39, 0.29) is 5.92 Å². The number of amides is 1. The first-order chi connectivity index (χ1) is 15.1. The lowest BCUT2D eigenvalue weighted by molar-refractivity contribution is 0.154. The summed E-state index contributed by atoms with van der Waals surface area (Å²) in [5, 5.41) is 15.4. The van der Waals surface area contributed by atoms with E-state index in [9.17, 15) is 4.79 Å². The Morgan fingerprint density at radius 1 is 1.16 bits per heavy atom. The molecule has 1 fully saturated rings. The van der Waals surface area contributed by atoms with Gasteiger partial charge in [0, 0.05) is 18.7 Å². The van der Waals surface area contributed by atoms with Crippen LogP contribution in [0.25, 0.3) is 22.2 Å². The molecule has 164 valence electrons. The van der Waals surface area contributed by atoms with E-state index in [2.05, 4.69) is 23.1 Å². The highest BCUT2D eigenvalue weighted by Crippen LogP contribution is 2.29. The average molecular weight is 424 g/mol. The number of benzene rings is 2. The number of carboxylic acid groups (broad SMARTS) is 1. The summed E-state index contributed by atoms with van der Waals surface area (Å²) >= 11 is 0. The minimum absolute atomic E-state index is 0.0421. The van der Waals surface area contributed by atoms with Crippen molar-refractivity contribution >= 4 is 16.9 Å². The molecule has 1 saturated heterocycles. The minimum Gasteiger partial charge on any atom is -0.494 e. The van der Waals surface area contributed by atoms with Crippen molar-refractivity contribution in [2.24, 2.45) is 0 Å². The second-order valence-corrected chi connectivity index (χ2v) is 8.16.